The van der Waals surface area contributed by atoms with Crippen LogP contribution < -0.4 is 0 Å². The number of allylic oxidation sites excluding steroid dienone is 1. The van der Waals surface area contributed by atoms with Gasteiger partial charge in [0.1, 0.15) is 0 Å². The molecule has 0 aromatic heterocycles. The van der Waals surface area contributed by atoms with Crippen molar-refractivity contribution in [1.82, 2.24) is 0 Å². The minimum absolute atomic E-state index is 0.110. The van der Waals surface area contributed by atoms with Crippen LogP contribution >= 0.6 is 0 Å². The number of carboxylic acid groups (broad SMARTS) is 1. The summed E-state index contributed by atoms with van der Waals surface area (Å²) in [4.78, 5) is 21.2. The van der Waals surface area contributed by atoms with Crippen molar-refractivity contribution in [1.29, 1.82) is 5.26 Å². The highest BCUT2D eigenvalue weighted by Gasteiger charge is 2.19. The number of nitro groups is 1. The largest absolute Gasteiger partial charge is 0.478 e. The molecule has 0 bridgehead atoms. The van der Waals surface area contributed by atoms with Crippen LogP contribution in [0, 0.1) is 28.4 Å². The fourth-order valence-corrected chi connectivity index (χ4v) is 1.48. The lowest BCUT2D eigenvalue weighted by molar-refractivity contribution is -0.385. The van der Waals surface area contributed by atoms with E-state index in [0.29, 0.717) is 5.56 Å². The topological polar surface area (TPSA) is 104 Å². The Hall–Kier alpha value is -2.68. The maximum absolute atomic E-state index is 11.0. The van der Waals surface area contributed by atoms with E-state index in [1.807, 2.05) is 6.07 Å². The van der Waals surface area contributed by atoms with Gasteiger partial charge in [-0.25, -0.2) is 4.79 Å². The molecule has 0 saturated carbocycles. The number of carbonyl (C=O) groups is 1. The molecule has 18 heavy (non-hydrogen) atoms. The molecule has 0 radical (unpaired) electrons. The van der Waals surface area contributed by atoms with Crippen LogP contribution in [0.5, 0.6) is 0 Å². The fourth-order valence-electron chi connectivity index (χ4n) is 1.48. The Morgan fingerprint density at radius 2 is 2.28 bits per heavy atom. The Labute approximate surface area is 103 Å². The number of hydrogen-bond acceptors (Lipinski definition) is 4. The second kappa shape index (κ2) is 5.59. The molecule has 0 aliphatic rings. The molecule has 0 amide bonds. The third-order valence-corrected chi connectivity index (χ3v) is 2.35. The van der Waals surface area contributed by atoms with Crippen LogP contribution in [0.4, 0.5) is 5.69 Å². The van der Waals surface area contributed by atoms with Crippen LogP contribution in [-0.4, -0.2) is 16.0 Å². The zero-order valence-corrected chi connectivity index (χ0v) is 9.58. The molecule has 6 heteroatoms. The van der Waals surface area contributed by atoms with E-state index in [4.69, 9.17) is 10.4 Å². The third-order valence-electron chi connectivity index (χ3n) is 2.35. The zero-order chi connectivity index (χ0) is 13.7. The van der Waals surface area contributed by atoms with Gasteiger partial charge in [0.25, 0.3) is 5.69 Å². The lowest BCUT2D eigenvalue weighted by Gasteiger charge is -2.04. The molecule has 0 fully saturated rings. The molecule has 0 saturated heterocycles. The quantitative estimate of drug-likeness (QED) is 0.649. The van der Waals surface area contributed by atoms with Gasteiger partial charge in [0.2, 0.25) is 0 Å². The summed E-state index contributed by atoms with van der Waals surface area (Å²) < 4.78 is 0. The van der Waals surface area contributed by atoms with Crippen molar-refractivity contribution in [3.8, 4) is 6.07 Å². The predicted octanol–water partition coefficient (Wildman–Crippen LogP) is 2.53. The number of nitriles is 1. The van der Waals surface area contributed by atoms with Crippen molar-refractivity contribution in [3.63, 3.8) is 0 Å². The van der Waals surface area contributed by atoms with Gasteiger partial charge in [0, 0.05) is 11.6 Å². The smallest absolute Gasteiger partial charge is 0.336 e. The van der Waals surface area contributed by atoms with Crippen LogP contribution in [0.2, 0.25) is 0 Å². The lowest BCUT2D eigenvalue weighted by atomic mass is 10.0. The van der Waals surface area contributed by atoms with Gasteiger partial charge in [0.15, 0.2) is 0 Å². The first-order valence-electron chi connectivity index (χ1n) is 5.03. The fraction of sp³-hybridized carbons (Fsp3) is 0.167. The predicted molar refractivity (Wildman–Crippen MR) is 64.1 cm³/mol. The van der Waals surface area contributed by atoms with Gasteiger partial charge < -0.3 is 5.11 Å². The third kappa shape index (κ3) is 2.92. The van der Waals surface area contributed by atoms with E-state index < -0.39 is 10.9 Å². The number of carboxylic acids is 1. The van der Waals surface area contributed by atoms with Gasteiger partial charge in [-0.1, -0.05) is 12.2 Å². The maximum atomic E-state index is 11.0. The summed E-state index contributed by atoms with van der Waals surface area (Å²) in [5.41, 5.74) is 0.150. The summed E-state index contributed by atoms with van der Waals surface area (Å²) in [5, 5.41) is 28.2. The van der Waals surface area contributed by atoms with E-state index in [0.717, 1.165) is 0 Å². The Bertz CT molecular complexity index is 535. The average Bonchev–Trinajstić information content (AvgIpc) is 2.30. The highest BCUT2D eigenvalue weighted by Crippen LogP contribution is 2.24. The highest BCUT2D eigenvalue weighted by molar-refractivity contribution is 5.91. The van der Waals surface area contributed by atoms with E-state index in [-0.39, 0.29) is 23.2 Å². The summed E-state index contributed by atoms with van der Waals surface area (Å²) in [6.07, 6.45) is 3.16. The summed E-state index contributed by atoms with van der Waals surface area (Å²) in [6, 6.07) is 4.52. The molecule has 6 nitrogen and oxygen atoms in total. The molecule has 1 rings (SSSR count). The van der Waals surface area contributed by atoms with E-state index in [1.54, 1.807) is 0 Å². The molecule has 1 N–H and O–H groups in total. The van der Waals surface area contributed by atoms with Crippen molar-refractivity contribution in [2.75, 3.05) is 0 Å². The number of nitrogens with zero attached hydrogens (tertiary/aromatic N) is 2. The lowest BCUT2D eigenvalue weighted by Crippen LogP contribution is -2.03. The van der Waals surface area contributed by atoms with Crippen LogP contribution in [0.15, 0.2) is 18.2 Å². The van der Waals surface area contributed by atoms with E-state index in [9.17, 15) is 14.9 Å². The van der Waals surface area contributed by atoms with Crippen molar-refractivity contribution in [2.45, 2.75) is 13.3 Å². The van der Waals surface area contributed by atoms with Crippen molar-refractivity contribution in [2.24, 2.45) is 0 Å². The van der Waals surface area contributed by atoms with Crippen LogP contribution in [0.25, 0.3) is 6.08 Å². The first-order chi connectivity index (χ1) is 8.47. The molecule has 1 aromatic rings. The molecule has 1 aromatic carbocycles. The Morgan fingerprint density at radius 1 is 1.61 bits per heavy atom. The van der Waals surface area contributed by atoms with Crippen LogP contribution in [0.1, 0.15) is 27.9 Å². The average molecular weight is 246 g/mol. The molecule has 0 aliphatic heterocycles. The van der Waals surface area contributed by atoms with Gasteiger partial charge in [-0.2, -0.15) is 5.26 Å². The van der Waals surface area contributed by atoms with Crippen molar-refractivity contribution >= 4 is 17.7 Å². The molecular formula is C12H10N2O4. The molecule has 0 unspecified atom stereocenters. The second-order valence-corrected chi connectivity index (χ2v) is 3.54. The highest BCUT2D eigenvalue weighted by atomic mass is 16.6. The Kier molecular flexibility index (Phi) is 4.16. The SMILES string of the molecule is Cc1c(C(=O)O)cc(C=CCC#N)cc1[N+](=O)[O-]. The van der Waals surface area contributed by atoms with Gasteiger partial charge in [-0.15, -0.1) is 0 Å². The summed E-state index contributed by atoms with van der Waals surface area (Å²) >= 11 is 0. The normalized spacial score (nSPS) is 10.2. The summed E-state index contributed by atoms with van der Waals surface area (Å²) in [6.45, 7) is 1.39. The van der Waals surface area contributed by atoms with Gasteiger partial charge in [0.05, 0.1) is 23.0 Å². The number of aromatic carboxylic acids is 1. The molecule has 0 atom stereocenters. The van der Waals surface area contributed by atoms with Gasteiger partial charge in [-0.05, 0) is 18.6 Å². The Morgan fingerprint density at radius 3 is 2.78 bits per heavy atom. The number of hydrogen-bond donors (Lipinski definition) is 1. The second-order valence-electron chi connectivity index (χ2n) is 3.54. The van der Waals surface area contributed by atoms with Crippen LogP contribution in [0.3, 0.4) is 0 Å². The first-order valence-corrected chi connectivity index (χ1v) is 5.03. The van der Waals surface area contributed by atoms with Crippen molar-refractivity contribution < 1.29 is 14.8 Å². The Balaban J connectivity index is 3.34. The standard InChI is InChI=1S/C12H10N2O4/c1-8-10(12(15)16)6-9(4-2-3-5-13)7-11(8)14(17)18/h2,4,6-7H,3H2,1H3,(H,15,16). The first kappa shape index (κ1) is 13.4. The summed E-state index contributed by atoms with van der Waals surface area (Å²) in [7, 11) is 0. The molecule has 92 valence electrons. The molecule has 0 aliphatic carbocycles. The molecule has 0 heterocycles. The zero-order valence-electron chi connectivity index (χ0n) is 9.58. The van der Waals surface area contributed by atoms with Crippen LogP contribution in [-0.2, 0) is 0 Å². The van der Waals surface area contributed by atoms with E-state index in [2.05, 4.69) is 0 Å². The van der Waals surface area contributed by atoms with Gasteiger partial charge in [-0.3, -0.25) is 10.1 Å². The molecular weight excluding hydrogens is 236 g/mol. The monoisotopic (exact) mass is 246 g/mol. The molecule has 0 spiro atoms. The van der Waals surface area contributed by atoms with Gasteiger partial charge >= 0.3 is 5.97 Å². The van der Waals surface area contributed by atoms with E-state index >= 15 is 0 Å². The van der Waals surface area contributed by atoms with E-state index in [1.165, 1.54) is 31.2 Å². The minimum Gasteiger partial charge on any atom is -0.478 e. The number of rotatable bonds is 4. The maximum Gasteiger partial charge on any atom is 0.336 e. The number of nitro benzene ring substituents is 1. The minimum atomic E-state index is -1.22. The van der Waals surface area contributed by atoms with Crippen molar-refractivity contribution in [3.05, 3.63) is 45.0 Å². The number of benzene rings is 1. The summed E-state index contributed by atoms with van der Waals surface area (Å²) in [5.74, 6) is -1.22.